The molecule has 9 heteroatoms. The molecule has 0 bridgehead atoms. The summed E-state index contributed by atoms with van der Waals surface area (Å²) in [7, 11) is 1.62. The van der Waals surface area contributed by atoms with E-state index >= 15 is 0 Å². The van der Waals surface area contributed by atoms with Gasteiger partial charge in [-0.25, -0.2) is 0 Å². The minimum absolute atomic E-state index is 0.133. The third kappa shape index (κ3) is 3.34. The van der Waals surface area contributed by atoms with Crippen LogP contribution in [0.1, 0.15) is 41.8 Å². The van der Waals surface area contributed by atoms with Crippen molar-refractivity contribution in [3.05, 3.63) is 23.1 Å². The van der Waals surface area contributed by atoms with Crippen LogP contribution in [0.15, 0.2) is 18.2 Å². The summed E-state index contributed by atoms with van der Waals surface area (Å²) in [6, 6.07) is 5.73. The van der Waals surface area contributed by atoms with E-state index in [1.165, 1.54) is 17.8 Å². The zero-order valence-electron chi connectivity index (χ0n) is 14.3. The van der Waals surface area contributed by atoms with Gasteiger partial charge < -0.3 is 9.47 Å². The van der Waals surface area contributed by atoms with Crippen molar-refractivity contribution in [1.82, 2.24) is 20.6 Å². The van der Waals surface area contributed by atoms with E-state index < -0.39 is 0 Å². The number of rotatable bonds is 5. The largest absolute Gasteiger partial charge is 0.497 e. The lowest BCUT2D eigenvalue weighted by Crippen LogP contribution is -2.21. The average molecular weight is 373 g/mol. The quantitative estimate of drug-likeness (QED) is 0.711. The number of hydrogen-bond donors (Lipinski definition) is 2. The Balaban J connectivity index is 1.70. The molecule has 2 heterocycles. The van der Waals surface area contributed by atoms with Gasteiger partial charge in [0.05, 0.1) is 13.2 Å². The molecule has 26 heavy (non-hydrogen) atoms. The standard InChI is InChI=1S/C17H19N5O3S/c1-24-11-7-8-12-13(9-11)26-15(16(23)18-17-19-21-22-20-17)14(12)25-10-5-3-2-4-6-10/h7-10H,2-6H2,1H3,(H2,18,19,20,21,22,23). The number of aromatic nitrogens is 4. The van der Waals surface area contributed by atoms with Crippen molar-refractivity contribution in [2.75, 3.05) is 12.4 Å². The van der Waals surface area contributed by atoms with Gasteiger partial charge in [-0.3, -0.25) is 10.1 Å². The number of methoxy groups -OCH3 is 1. The normalized spacial score (nSPS) is 15.1. The summed E-state index contributed by atoms with van der Waals surface area (Å²) in [5.74, 6) is 1.19. The molecule has 0 unspecified atom stereocenters. The number of benzene rings is 1. The molecule has 0 aliphatic heterocycles. The van der Waals surface area contributed by atoms with Crippen LogP contribution in [0, 0.1) is 0 Å². The fourth-order valence-electron chi connectivity index (χ4n) is 3.17. The highest BCUT2D eigenvalue weighted by atomic mass is 32.1. The second-order valence-corrected chi connectivity index (χ2v) is 7.24. The Bertz CT molecular complexity index is 903. The predicted molar refractivity (Wildman–Crippen MR) is 98.0 cm³/mol. The van der Waals surface area contributed by atoms with Gasteiger partial charge >= 0.3 is 0 Å². The summed E-state index contributed by atoms with van der Waals surface area (Å²) in [6.07, 6.45) is 5.72. The van der Waals surface area contributed by atoms with Gasteiger partial charge in [0.2, 0.25) is 0 Å². The first-order valence-corrected chi connectivity index (χ1v) is 9.38. The van der Waals surface area contributed by atoms with E-state index in [4.69, 9.17) is 9.47 Å². The van der Waals surface area contributed by atoms with Crippen LogP contribution in [0.25, 0.3) is 10.1 Å². The van der Waals surface area contributed by atoms with E-state index in [9.17, 15) is 4.79 Å². The minimum atomic E-state index is -0.308. The number of hydrogen-bond acceptors (Lipinski definition) is 7. The van der Waals surface area contributed by atoms with Gasteiger partial charge in [-0.05, 0) is 49.1 Å². The summed E-state index contributed by atoms with van der Waals surface area (Å²) in [5, 5.41) is 16.9. The van der Waals surface area contributed by atoms with Crippen molar-refractivity contribution in [2.24, 2.45) is 0 Å². The molecule has 1 aliphatic rings. The van der Waals surface area contributed by atoms with Gasteiger partial charge in [-0.2, -0.15) is 5.21 Å². The van der Waals surface area contributed by atoms with Crippen LogP contribution in [0.4, 0.5) is 5.95 Å². The SMILES string of the molecule is COc1ccc2c(OC3CCCCC3)c(C(=O)Nc3nn[nH]n3)sc2c1. The highest BCUT2D eigenvalue weighted by Crippen LogP contribution is 2.41. The number of H-pyrrole nitrogens is 1. The molecule has 136 valence electrons. The lowest BCUT2D eigenvalue weighted by Gasteiger charge is -2.23. The highest BCUT2D eigenvalue weighted by Gasteiger charge is 2.25. The maximum Gasteiger partial charge on any atom is 0.272 e. The molecule has 1 aromatic carbocycles. The molecule has 0 atom stereocenters. The number of aromatic amines is 1. The minimum Gasteiger partial charge on any atom is -0.497 e. The molecule has 1 amide bonds. The maximum absolute atomic E-state index is 12.8. The molecule has 1 aliphatic carbocycles. The number of fused-ring (bicyclic) bond motifs is 1. The average Bonchev–Trinajstić information content (AvgIpc) is 3.30. The first-order valence-electron chi connectivity index (χ1n) is 8.56. The second kappa shape index (κ2) is 7.28. The van der Waals surface area contributed by atoms with E-state index in [0.717, 1.165) is 41.5 Å². The number of anilines is 1. The molecule has 8 nitrogen and oxygen atoms in total. The molecular weight excluding hydrogens is 354 g/mol. The van der Waals surface area contributed by atoms with E-state index in [0.29, 0.717) is 10.6 Å². The van der Waals surface area contributed by atoms with Crippen molar-refractivity contribution >= 4 is 33.3 Å². The Labute approximate surface area is 153 Å². The molecule has 4 rings (SSSR count). The zero-order valence-corrected chi connectivity index (χ0v) is 15.1. The van der Waals surface area contributed by atoms with E-state index in [2.05, 4.69) is 25.9 Å². The van der Waals surface area contributed by atoms with Crippen LogP contribution < -0.4 is 14.8 Å². The van der Waals surface area contributed by atoms with Crippen molar-refractivity contribution in [3.8, 4) is 11.5 Å². The van der Waals surface area contributed by atoms with Gasteiger partial charge in [0.1, 0.15) is 10.6 Å². The first kappa shape index (κ1) is 16.8. The molecule has 2 N–H and O–H groups in total. The third-order valence-corrected chi connectivity index (χ3v) is 5.60. The van der Waals surface area contributed by atoms with Gasteiger partial charge in [0.25, 0.3) is 11.9 Å². The van der Waals surface area contributed by atoms with E-state index in [-0.39, 0.29) is 18.0 Å². The van der Waals surface area contributed by atoms with Crippen LogP contribution in [-0.2, 0) is 0 Å². The molecule has 0 spiro atoms. The predicted octanol–water partition coefficient (Wildman–Crippen LogP) is 3.39. The first-order chi connectivity index (χ1) is 12.7. The molecule has 0 saturated heterocycles. The van der Waals surface area contributed by atoms with E-state index in [1.807, 2.05) is 18.2 Å². The number of carbonyl (C=O) groups is 1. The topological polar surface area (TPSA) is 102 Å². The number of carbonyl (C=O) groups excluding carboxylic acids is 1. The van der Waals surface area contributed by atoms with Crippen molar-refractivity contribution in [1.29, 1.82) is 0 Å². The Kier molecular flexibility index (Phi) is 4.70. The van der Waals surface area contributed by atoms with Gasteiger partial charge in [0.15, 0.2) is 5.75 Å². The summed E-state index contributed by atoms with van der Waals surface area (Å²) in [5.41, 5.74) is 0. The Morgan fingerprint density at radius 1 is 1.31 bits per heavy atom. The van der Waals surface area contributed by atoms with Crippen molar-refractivity contribution in [2.45, 2.75) is 38.2 Å². The van der Waals surface area contributed by atoms with Crippen LogP contribution >= 0.6 is 11.3 Å². The summed E-state index contributed by atoms with van der Waals surface area (Å²) in [4.78, 5) is 13.3. The fourth-order valence-corrected chi connectivity index (χ4v) is 4.23. The number of thiophene rings is 1. The Morgan fingerprint density at radius 3 is 2.88 bits per heavy atom. The lowest BCUT2D eigenvalue weighted by atomic mass is 9.98. The molecule has 2 aromatic heterocycles. The van der Waals surface area contributed by atoms with Crippen molar-refractivity contribution < 1.29 is 14.3 Å². The van der Waals surface area contributed by atoms with Crippen LogP contribution in [0.2, 0.25) is 0 Å². The second-order valence-electron chi connectivity index (χ2n) is 6.19. The number of nitrogens with zero attached hydrogens (tertiary/aromatic N) is 3. The van der Waals surface area contributed by atoms with E-state index in [1.54, 1.807) is 7.11 Å². The fraction of sp³-hybridized carbons (Fsp3) is 0.412. The Morgan fingerprint density at radius 2 is 2.15 bits per heavy atom. The highest BCUT2D eigenvalue weighted by molar-refractivity contribution is 7.21. The Hall–Kier alpha value is -2.68. The monoisotopic (exact) mass is 373 g/mol. The molecule has 1 fully saturated rings. The van der Waals surface area contributed by atoms with Crippen LogP contribution in [0.3, 0.4) is 0 Å². The number of ether oxygens (including phenoxy) is 2. The van der Waals surface area contributed by atoms with Gasteiger partial charge in [-0.1, -0.05) is 11.5 Å². The summed E-state index contributed by atoms with van der Waals surface area (Å²) in [6.45, 7) is 0. The maximum atomic E-state index is 12.8. The summed E-state index contributed by atoms with van der Waals surface area (Å²) >= 11 is 1.37. The number of amides is 1. The smallest absolute Gasteiger partial charge is 0.272 e. The van der Waals surface area contributed by atoms with Crippen LogP contribution in [0.5, 0.6) is 11.5 Å². The van der Waals surface area contributed by atoms with Gasteiger partial charge in [-0.15, -0.1) is 16.4 Å². The number of nitrogens with one attached hydrogen (secondary N) is 2. The van der Waals surface area contributed by atoms with Gasteiger partial charge in [0, 0.05) is 10.1 Å². The zero-order chi connectivity index (χ0) is 17.9. The molecular formula is C17H19N5O3S. The molecule has 3 aromatic rings. The molecule has 1 saturated carbocycles. The lowest BCUT2D eigenvalue weighted by molar-refractivity contribution is 0.101. The van der Waals surface area contributed by atoms with Crippen molar-refractivity contribution in [3.63, 3.8) is 0 Å². The third-order valence-electron chi connectivity index (χ3n) is 4.47. The molecule has 0 radical (unpaired) electrons. The number of tetrazole rings is 1. The summed E-state index contributed by atoms with van der Waals surface area (Å²) < 4.78 is 12.5. The van der Waals surface area contributed by atoms with Crippen LogP contribution in [-0.4, -0.2) is 39.7 Å².